The summed E-state index contributed by atoms with van der Waals surface area (Å²) in [5.41, 5.74) is 0.558. The van der Waals surface area contributed by atoms with Crippen LogP contribution in [0.2, 0.25) is 0 Å². The minimum atomic E-state index is -1.35. The zero-order chi connectivity index (χ0) is 19.1. The number of carbonyl (C=O) groups is 2. The second kappa shape index (κ2) is 9.00. The molecule has 0 aliphatic heterocycles. The third kappa shape index (κ3) is 4.82. The van der Waals surface area contributed by atoms with Gasteiger partial charge in [-0.2, -0.15) is 0 Å². The molecule has 1 N–H and O–H groups in total. The highest BCUT2D eigenvalue weighted by atomic mass is 32.2. The van der Waals surface area contributed by atoms with Gasteiger partial charge in [0.1, 0.15) is 11.5 Å². The van der Waals surface area contributed by atoms with Gasteiger partial charge in [-0.05, 0) is 24.3 Å². The summed E-state index contributed by atoms with van der Waals surface area (Å²) in [7, 11) is 1.63. The average Bonchev–Trinajstić information content (AvgIpc) is 2.65. The third-order valence-corrected chi connectivity index (χ3v) is 4.41. The molecule has 0 unspecified atom stereocenters. The summed E-state index contributed by atoms with van der Waals surface area (Å²) >= 11 is 0. The Labute approximate surface area is 153 Å². The molecule has 1 amide bonds. The molecule has 138 valence electrons. The number of hydrogen-bond acceptors (Lipinski definition) is 6. The average molecular weight is 377 g/mol. The topological polar surface area (TPSA) is 90.9 Å². The van der Waals surface area contributed by atoms with Crippen molar-refractivity contribution in [2.45, 2.75) is 4.90 Å². The zero-order valence-electron chi connectivity index (χ0n) is 14.6. The van der Waals surface area contributed by atoms with Gasteiger partial charge in [-0.15, -0.1) is 0 Å². The monoisotopic (exact) mass is 377 g/mol. The molecule has 0 fully saturated rings. The van der Waals surface area contributed by atoms with Crippen LogP contribution in [0.4, 0.5) is 5.69 Å². The summed E-state index contributed by atoms with van der Waals surface area (Å²) in [6.07, 6.45) is 1.47. The Bertz CT molecular complexity index is 836. The van der Waals surface area contributed by atoms with Gasteiger partial charge in [0.05, 0.1) is 41.2 Å². The van der Waals surface area contributed by atoms with Crippen molar-refractivity contribution >= 4 is 28.4 Å². The predicted octanol–water partition coefficient (Wildman–Crippen LogP) is 2.24. The lowest BCUT2D eigenvalue weighted by Crippen LogP contribution is -2.21. The van der Waals surface area contributed by atoms with Crippen LogP contribution in [0.1, 0.15) is 10.4 Å². The number of methoxy groups -OCH3 is 2. The molecule has 2 aromatic carbocycles. The summed E-state index contributed by atoms with van der Waals surface area (Å²) in [6, 6.07) is 11.3. The minimum Gasteiger partial charge on any atom is -0.497 e. The van der Waals surface area contributed by atoms with Gasteiger partial charge in [-0.25, -0.2) is 4.79 Å². The van der Waals surface area contributed by atoms with E-state index in [0.717, 1.165) is 0 Å². The SMILES string of the molecule is COc1ccc(OC)c(NC(=O)COC(=O)c2ccccc2[S@@](C)=O)c1. The smallest absolute Gasteiger partial charge is 0.339 e. The molecule has 2 aromatic rings. The number of anilines is 1. The Balaban J connectivity index is 2.04. The molecule has 0 spiro atoms. The minimum absolute atomic E-state index is 0.167. The molecule has 0 saturated heterocycles. The molecule has 0 bridgehead atoms. The fourth-order valence-electron chi connectivity index (χ4n) is 2.19. The van der Waals surface area contributed by atoms with Gasteiger partial charge in [-0.3, -0.25) is 9.00 Å². The number of rotatable bonds is 7. The molecule has 1 atom stereocenters. The van der Waals surface area contributed by atoms with Crippen molar-refractivity contribution in [1.82, 2.24) is 0 Å². The number of amides is 1. The highest BCUT2D eigenvalue weighted by Crippen LogP contribution is 2.28. The predicted molar refractivity (Wildman–Crippen MR) is 97.2 cm³/mol. The lowest BCUT2D eigenvalue weighted by Gasteiger charge is -2.12. The number of esters is 1. The first kappa shape index (κ1) is 19.5. The Morgan fingerprint density at radius 3 is 2.46 bits per heavy atom. The van der Waals surface area contributed by atoms with Crippen molar-refractivity contribution in [3.8, 4) is 11.5 Å². The van der Waals surface area contributed by atoms with E-state index < -0.39 is 29.3 Å². The molecule has 0 heterocycles. The van der Waals surface area contributed by atoms with Gasteiger partial charge in [0, 0.05) is 12.3 Å². The highest BCUT2D eigenvalue weighted by molar-refractivity contribution is 7.84. The quantitative estimate of drug-likeness (QED) is 0.744. The number of benzene rings is 2. The van der Waals surface area contributed by atoms with Crippen LogP contribution in [0.15, 0.2) is 47.4 Å². The van der Waals surface area contributed by atoms with E-state index in [-0.39, 0.29) is 5.56 Å². The second-order valence-electron chi connectivity index (χ2n) is 5.14. The van der Waals surface area contributed by atoms with E-state index in [1.165, 1.54) is 26.5 Å². The van der Waals surface area contributed by atoms with E-state index in [1.807, 2.05) is 0 Å². The Morgan fingerprint density at radius 1 is 1.08 bits per heavy atom. The molecule has 0 aliphatic rings. The summed E-state index contributed by atoms with van der Waals surface area (Å²) in [5.74, 6) is -0.279. The third-order valence-electron chi connectivity index (χ3n) is 3.43. The number of carbonyl (C=O) groups excluding carboxylic acids is 2. The van der Waals surface area contributed by atoms with Crippen molar-refractivity contribution in [2.75, 3.05) is 32.4 Å². The first-order valence-corrected chi connectivity index (χ1v) is 9.13. The molecule has 26 heavy (non-hydrogen) atoms. The molecule has 0 saturated carbocycles. The van der Waals surface area contributed by atoms with Crippen molar-refractivity contribution in [3.05, 3.63) is 48.0 Å². The largest absolute Gasteiger partial charge is 0.497 e. The van der Waals surface area contributed by atoms with Gasteiger partial charge in [-0.1, -0.05) is 12.1 Å². The van der Waals surface area contributed by atoms with Crippen molar-refractivity contribution in [1.29, 1.82) is 0 Å². The second-order valence-corrected chi connectivity index (χ2v) is 6.49. The maximum atomic E-state index is 12.2. The fourth-order valence-corrected chi connectivity index (χ4v) is 2.92. The van der Waals surface area contributed by atoms with Gasteiger partial charge in [0.15, 0.2) is 6.61 Å². The van der Waals surface area contributed by atoms with E-state index in [0.29, 0.717) is 22.1 Å². The van der Waals surface area contributed by atoms with Crippen LogP contribution in [-0.4, -0.2) is 43.2 Å². The van der Waals surface area contributed by atoms with E-state index in [2.05, 4.69) is 5.32 Å². The first-order chi connectivity index (χ1) is 12.5. The van der Waals surface area contributed by atoms with Gasteiger partial charge in [0.25, 0.3) is 5.91 Å². The molecule has 0 aliphatic carbocycles. The molecule has 8 heteroatoms. The van der Waals surface area contributed by atoms with Crippen molar-refractivity contribution < 1.29 is 28.0 Å². The Morgan fingerprint density at radius 2 is 1.81 bits per heavy atom. The lowest BCUT2D eigenvalue weighted by atomic mass is 10.2. The van der Waals surface area contributed by atoms with E-state index in [9.17, 15) is 13.8 Å². The number of ether oxygens (including phenoxy) is 3. The molecular formula is C18H19NO6S. The van der Waals surface area contributed by atoms with Crippen LogP contribution in [0.5, 0.6) is 11.5 Å². The van der Waals surface area contributed by atoms with Crippen LogP contribution < -0.4 is 14.8 Å². The summed E-state index contributed by atoms with van der Waals surface area (Å²) in [5, 5.41) is 2.60. The van der Waals surface area contributed by atoms with Gasteiger partial charge in [0.2, 0.25) is 0 Å². The fraction of sp³-hybridized carbons (Fsp3) is 0.222. The van der Waals surface area contributed by atoms with Gasteiger partial charge < -0.3 is 19.5 Å². The first-order valence-electron chi connectivity index (χ1n) is 7.57. The van der Waals surface area contributed by atoms with Crippen LogP contribution in [0.3, 0.4) is 0 Å². The maximum absolute atomic E-state index is 12.2. The zero-order valence-corrected chi connectivity index (χ0v) is 15.4. The van der Waals surface area contributed by atoms with Gasteiger partial charge >= 0.3 is 5.97 Å². The molecule has 0 radical (unpaired) electrons. The van der Waals surface area contributed by atoms with E-state index >= 15 is 0 Å². The van der Waals surface area contributed by atoms with E-state index in [1.54, 1.807) is 36.4 Å². The molecular weight excluding hydrogens is 358 g/mol. The number of nitrogens with one attached hydrogen (secondary N) is 1. The van der Waals surface area contributed by atoms with Crippen LogP contribution in [0.25, 0.3) is 0 Å². The molecule has 7 nitrogen and oxygen atoms in total. The van der Waals surface area contributed by atoms with Crippen LogP contribution in [-0.2, 0) is 20.3 Å². The van der Waals surface area contributed by atoms with Crippen molar-refractivity contribution in [3.63, 3.8) is 0 Å². The Kier molecular flexibility index (Phi) is 6.74. The van der Waals surface area contributed by atoms with Crippen LogP contribution in [0, 0.1) is 0 Å². The Hall–Kier alpha value is -2.87. The molecule has 0 aromatic heterocycles. The molecule has 2 rings (SSSR count). The summed E-state index contributed by atoms with van der Waals surface area (Å²) < 4.78 is 27.0. The highest BCUT2D eigenvalue weighted by Gasteiger charge is 2.17. The lowest BCUT2D eigenvalue weighted by molar-refractivity contribution is -0.119. The summed E-state index contributed by atoms with van der Waals surface area (Å²) in [6.45, 7) is -0.496. The number of hydrogen-bond donors (Lipinski definition) is 1. The van der Waals surface area contributed by atoms with Crippen molar-refractivity contribution in [2.24, 2.45) is 0 Å². The van der Waals surface area contributed by atoms with E-state index in [4.69, 9.17) is 14.2 Å². The summed E-state index contributed by atoms with van der Waals surface area (Å²) in [4.78, 5) is 24.6. The normalized spacial score (nSPS) is 11.3. The standard InChI is InChI=1S/C18H19NO6S/c1-23-12-8-9-15(24-2)14(10-12)19-17(20)11-25-18(21)13-6-4-5-7-16(13)26(3)22/h4-10H,11H2,1-3H3,(H,19,20)/t26-/m1/s1. The van der Waals surface area contributed by atoms with Crippen LogP contribution >= 0.6 is 0 Å². The maximum Gasteiger partial charge on any atom is 0.339 e.